The normalized spacial score (nSPS) is 11.8. The third-order valence-corrected chi connectivity index (χ3v) is 3.73. The molecular weight excluding hydrogens is 362 g/mol. The quantitative estimate of drug-likeness (QED) is 0.261. The first-order chi connectivity index (χ1) is 13.6. The molecule has 7 nitrogen and oxygen atoms in total. The Labute approximate surface area is 172 Å². The van der Waals surface area contributed by atoms with Gasteiger partial charge in [-0.15, -0.1) is 0 Å². The molecule has 0 saturated carbocycles. The number of hydrogen-bond acceptors (Lipinski definition) is 7. The van der Waals surface area contributed by atoms with Gasteiger partial charge in [-0.05, 0) is 18.8 Å². The Hall–Kier alpha value is -0.280. The van der Waals surface area contributed by atoms with Gasteiger partial charge in [-0.3, -0.25) is 0 Å². The maximum absolute atomic E-state index is 5.51. The Kier molecular flexibility index (Phi) is 22.8. The Balaban J connectivity index is 3.00. The summed E-state index contributed by atoms with van der Waals surface area (Å²) in [6.45, 7) is 17.1. The molecule has 0 rings (SSSR count). The van der Waals surface area contributed by atoms with Crippen molar-refractivity contribution in [2.75, 3.05) is 85.8 Å². The van der Waals surface area contributed by atoms with Crippen LogP contribution < -0.4 is 5.32 Å². The van der Waals surface area contributed by atoms with Crippen LogP contribution in [-0.2, 0) is 28.4 Å². The van der Waals surface area contributed by atoms with Crippen LogP contribution in [0.5, 0.6) is 0 Å². The van der Waals surface area contributed by atoms with Crippen LogP contribution in [0.1, 0.15) is 40.5 Å². The molecule has 0 aromatic carbocycles. The SMILES string of the molecule is CC(C)CCCOCCOCCOCCOCCOCCOCCNC(C)C. The number of hydrogen-bond donors (Lipinski definition) is 1. The van der Waals surface area contributed by atoms with Gasteiger partial charge in [-0.25, -0.2) is 0 Å². The van der Waals surface area contributed by atoms with E-state index in [1.54, 1.807) is 0 Å². The van der Waals surface area contributed by atoms with Crippen LogP contribution in [0, 0.1) is 5.92 Å². The monoisotopic (exact) mass is 407 g/mol. The summed E-state index contributed by atoms with van der Waals surface area (Å²) < 4.78 is 32.7. The van der Waals surface area contributed by atoms with Gasteiger partial charge >= 0.3 is 0 Å². The molecule has 0 aromatic rings. The molecule has 0 amide bonds. The molecule has 1 N–H and O–H groups in total. The van der Waals surface area contributed by atoms with Crippen LogP contribution in [0.3, 0.4) is 0 Å². The van der Waals surface area contributed by atoms with Crippen molar-refractivity contribution < 1.29 is 28.4 Å². The lowest BCUT2D eigenvalue weighted by Crippen LogP contribution is -2.27. The zero-order valence-corrected chi connectivity index (χ0v) is 18.7. The van der Waals surface area contributed by atoms with E-state index >= 15 is 0 Å². The summed E-state index contributed by atoms with van der Waals surface area (Å²) in [6.07, 6.45) is 2.34. The summed E-state index contributed by atoms with van der Waals surface area (Å²) >= 11 is 0. The Morgan fingerprint density at radius 1 is 0.500 bits per heavy atom. The van der Waals surface area contributed by atoms with E-state index in [0.29, 0.717) is 78.7 Å². The highest BCUT2D eigenvalue weighted by Crippen LogP contribution is 2.02. The molecule has 0 aromatic heterocycles. The van der Waals surface area contributed by atoms with Crippen molar-refractivity contribution in [1.82, 2.24) is 5.32 Å². The summed E-state index contributed by atoms with van der Waals surface area (Å²) in [5.41, 5.74) is 0. The van der Waals surface area contributed by atoms with Gasteiger partial charge in [0.25, 0.3) is 0 Å². The molecule has 0 bridgehead atoms. The van der Waals surface area contributed by atoms with E-state index in [9.17, 15) is 0 Å². The molecule has 0 radical (unpaired) electrons. The second kappa shape index (κ2) is 23.0. The maximum Gasteiger partial charge on any atom is 0.0701 e. The van der Waals surface area contributed by atoms with Crippen LogP contribution >= 0.6 is 0 Å². The Bertz CT molecular complexity index is 264. The highest BCUT2D eigenvalue weighted by atomic mass is 16.6. The standard InChI is InChI=1S/C21H45NO6/c1-20(2)6-5-8-23-10-12-25-14-16-27-18-19-28-17-15-26-13-11-24-9-7-22-21(3)4/h20-22H,5-19H2,1-4H3. The van der Waals surface area contributed by atoms with Crippen LogP contribution in [-0.4, -0.2) is 91.9 Å². The molecule has 0 aliphatic rings. The summed E-state index contributed by atoms with van der Waals surface area (Å²) in [6, 6.07) is 0.498. The van der Waals surface area contributed by atoms with Crippen molar-refractivity contribution in [1.29, 1.82) is 0 Å². The van der Waals surface area contributed by atoms with Crippen molar-refractivity contribution in [3.05, 3.63) is 0 Å². The van der Waals surface area contributed by atoms with Gasteiger partial charge in [-0.1, -0.05) is 27.7 Å². The number of rotatable bonds is 23. The largest absolute Gasteiger partial charge is 0.379 e. The number of nitrogens with one attached hydrogen (secondary N) is 1. The van der Waals surface area contributed by atoms with Crippen LogP contribution in [0.25, 0.3) is 0 Å². The average Bonchev–Trinajstić information content (AvgIpc) is 2.65. The lowest BCUT2D eigenvalue weighted by atomic mass is 10.1. The topological polar surface area (TPSA) is 67.4 Å². The minimum atomic E-state index is 0.498. The van der Waals surface area contributed by atoms with Crippen LogP contribution in [0.15, 0.2) is 0 Å². The maximum atomic E-state index is 5.51. The molecule has 0 aliphatic carbocycles. The Morgan fingerprint density at radius 2 is 0.857 bits per heavy atom. The van der Waals surface area contributed by atoms with Crippen LogP contribution in [0.2, 0.25) is 0 Å². The fourth-order valence-electron chi connectivity index (χ4n) is 2.22. The van der Waals surface area contributed by atoms with Gasteiger partial charge in [0.15, 0.2) is 0 Å². The van der Waals surface area contributed by atoms with Crippen molar-refractivity contribution in [2.45, 2.75) is 46.6 Å². The summed E-state index contributed by atoms with van der Waals surface area (Å²) in [4.78, 5) is 0. The first-order valence-electron chi connectivity index (χ1n) is 10.8. The highest BCUT2D eigenvalue weighted by molar-refractivity contribution is 4.50. The molecule has 0 aliphatic heterocycles. The first-order valence-corrected chi connectivity index (χ1v) is 10.8. The molecule has 170 valence electrons. The predicted molar refractivity (Wildman–Crippen MR) is 112 cm³/mol. The second-order valence-corrected chi connectivity index (χ2v) is 7.32. The molecule has 28 heavy (non-hydrogen) atoms. The number of ether oxygens (including phenoxy) is 6. The van der Waals surface area contributed by atoms with Gasteiger partial charge in [0, 0.05) is 19.2 Å². The highest BCUT2D eigenvalue weighted by Gasteiger charge is 1.96. The third kappa shape index (κ3) is 25.7. The summed E-state index contributed by atoms with van der Waals surface area (Å²) in [5, 5.41) is 3.30. The summed E-state index contributed by atoms with van der Waals surface area (Å²) in [5.74, 6) is 0.746. The molecule has 0 fully saturated rings. The Morgan fingerprint density at radius 3 is 1.21 bits per heavy atom. The molecule has 7 heteroatoms. The lowest BCUT2D eigenvalue weighted by molar-refractivity contribution is -0.0167. The van der Waals surface area contributed by atoms with E-state index in [4.69, 9.17) is 28.4 Å². The second-order valence-electron chi connectivity index (χ2n) is 7.32. The lowest BCUT2D eigenvalue weighted by Gasteiger charge is -2.09. The molecule has 0 spiro atoms. The van der Waals surface area contributed by atoms with E-state index in [1.807, 2.05) is 0 Å². The molecular formula is C21H45NO6. The van der Waals surface area contributed by atoms with E-state index in [1.165, 1.54) is 6.42 Å². The molecule has 0 heterocycles. The minimum Gasteiger partial charge on any atom is -0.379 e. The third-order valence-electron chi connectivity index (χ3n) is 3.73. The minimum absolute atomic E-state index is 0.498. The average molecular weight is 408 g/mol. The predicted octanol–water partition coefficient (Wildman–Crippen LogP) is 2.52. The van der Waals surface area contributed by atoms with Crippen molar-refractivity contribution >= 4 is 0 Å². The van der Waals surface area contributed by atoms with Crippen LogP contribution in [0.4, 0.5) is 0 Å². The van der Waals surface area contributed by atoms with Crippen molar-refractivity contribution in [3.63, 3.8) is 0 Å². The molecule has 0 saturated heterocycles. The van der Waals surface area contributed by atoms with E-state index in [2.05, 4.69) is 33.0 Å². The summed E-state index contributed by atoms with van der Waals surface area (Å²) in [7, 11) is 0. The van der Waals surface area contributed by atoms with E-state index in [-0.39, 0.29) is 0 Å². The zero-order chi connectivity index (χ0) is 20.7. The zero-order valence-electron chi connectivity index (χ0n) is 18.7. The van der Waals surface area contributed by atoms with Crippen molar-refractivity contribution in [3.8, 4) is 0 Å². The van der Waals surface area contributed by atoms with Gasteiger partial charge in [-0.2, -0.15) is 0 Å². The fraction of sp³-hybridized carbons (Fsp3) is 1.00. The van der Waals surface area contributed by atoms with Gasteiger partial charge in [0.05, 0.1) is 72.7 Å². The first kappa shape index (κ1) is 27.7. The van der Waals surface area contributed by atoms with Gasteiger partial charge < -0.3 is 33.7 Å². The van der Waals surface area contributed by atoms with Gasteiger partial charge in [0.1, 0.15) is 0 Å². The molecule has 0 unspecified atom stereocenters. The van der Waals surface area contributed by atoms with Crippen molar-refractivity contribution in [2.24, 2.45) is 5.92 Å². The van der Waals surface area contributed by atoms with Gasteiger partial charge in [0.2, 0.25) is 0 Å². The van der Waals surface area contributed by atoms with E-state index < -0.39 is 0 Å². The van der Waals surface area contributed by atoms with E-state index in [0.717, 1.165) is 25.5 Å². The molecule has 0 atom stereocenters. The fourth-order valence-corrected chi connectivity index (χ4v) is 2.22. The smallest absolute Gasteiger partial charge is 0.0701 e.